The molecule has 0 radical (unpaired) electrons. The number of para-hydroxylation sites is 1. The largest absolute Gasteiger partial charge is 0.444 e. The minimum Gasteiger partial charge on any atom is -0.444 e. The van der Waals surface area contributed by atoms with E-state index in [0.717, 1.165) is 11.3 Å². The maximum Gasteiger partial charge on any atom is 0.294 e. The predicted octanol–water partition coefficient (Wildman–Crippen LogP) is 4.89. The Bertz CT molecular complexity index is 753. The molecule has 2 aromatic carbocycles. The number of carbonyl (C=O) groups is 1. The first-order valence-corrected chi connectivity index (χ1v) is 7.69. The Morgan fingerprint density at radius 1 is 0.909 bits per heavy atom. The molecule has 1 aromatic heterocycles. The molecule has 110 valence electrons. The lowest BCUT2D eigenvalue weighted by atomic mass is 10.2. The molecule has 0 fully saturated rings. The van der Waals surface area contributed by atoms with Gasteiger partial charge in [-0.05, 0) is 45.8 Å². The first kappa shape index (κ1) is 14.6. The molecule has 0 aliphatic rings. The summed E-state index contributed by atoms with van der Waals surface area (Å²) in [5, 5.41) is 0. The molecule has 0 aliphatic heterocycles. The van der Waals surface area contributed by atoms with Crippen molar-refractivity contribution >= 4 is 27.5 Å². The third kappa shape index (κ3) is 3.28. The first-order valence-electron chi connectivity index (χ1n) is 6.90. The highest BCUT2D eigenvalue weighted by molar-refractivity contribution is 9.10. The van der Waals surface area contributed by atoms with Crippen LogP contribution in [0.25, 0.3) is 0 Å². The Balaban J connectivity index is 1.94. The average Bonchev–Trinajstić information content (AvgIpc) is 3.00. The van der Waals surface area contributed by atoms with Gasteiger partial charge in [0.2, 0.25) is 0 Å². The smallest absolute Gasteiger partial charge is 0.294 e. The van der Waals surface area contributed by atoms with E-state index in [0.29, 0.717) is 17.0 Å². The van der Waals surface area contributed by atoms with E-state index in [-0.39, 0.29) is 5.91 Å². The van der Waals surface area contributed by atoms with Crippen LogP contribution in [-0.2, 0) is 6.54 Å². The topological polar surface area (TPSA) is 33.5 Å². The predicted molar refractivity (Wildman–Crippen MR) is 89.8 cm³/mol. The summed E-state index contributed by atoms with van der Waals surface area (Å²) in [6.45, 7) is 0.488. The van der Waals surface area contributed by atoms with Crippen LogP contribution < -0.4 is 4.90 Å². The van der Waals surface area contributed by atoms with E-state index in [4.69, 9.17) is 4.42 Å². The van der Waals surface area contributed by atoms with Crippen LogP contribution in [0.4, 0.5) is 5.69 Å². The number of benzene rings is 2. The summed E-state index contributed by atoms with van der Waals surface area (Å²) in [6.07, 6.45) is 0. The second kappa shape index (κ2) is 6.62. The van der Waals surface area contributed by atoms with Crippen LogP contribution in [-0.4, -0.2) is 5.91 Å². The van der Waals surface area contributed by atoms with E-state index >= 15 is 0 Å². The summed E-state index contributed by atoms with van der Waals surface area (Å²) in [7, 11) is 0. The Kier molecular flexibility index (Phi) is 4.39. The molecule has 0 aliphatic carbocycles. The highest BCUT2D eigenvalue weighted by Crippen LogP contribution is 2.22. The molecular formula is C18H14BrNO2. The Hall–Kier alpha value is -2.33. The van der Waals surface area contributed by atoms with Gasteiger partial charge in [-0.1, -0.05) is 48.5 Å². The maximum absolute atomic E-state index is 12.8. The second-order valence-electron chi connectivity index (χ2n) is 4.82. The number of amides is 1. The molecule has 1 heterocycles. The van der Waals surface area contributed by atoms with Crippen LogP contribution in [0.15, 0.2) is 81.9 Å². The highest BCUT2D eigenvalue weighted by atomic mass is 79.9. The van der Waals surface area contributed by atoms with Crippen molar-refractivity contribution in [3.8, 4) is 0 Å². The quantitative estimate of drug-likeness (QED) is 0.667. The minimum absolute atomic E-state index is 0.166. The van der Waals surface area contributed by atoms with Gasteiger partial charge in [0, 0.05) is 5.69 Å². The van der Waals surface area contributed by atoms with Gasteiger partial charge in [-0.2, -0.15) is 0 Å². The average molecular weight is 356 g/mol. The molecule has 3 nitrogen and oxygen atoms in total. The zero-order valence-electron chi connectivity index (χ0n) is 11.8. The number of anilines is 1. The highest BCUT2D eigenvalue weighted by Gasteiger charge is 2.21. The SMILES string of the molecule is O=C(c1ccc(Br)o1)N(Cc1ccccc1)c1ccccc1. The van der Waals surface area contributed by atoms with Crippen molar-refractivity contribution in [1.29, 1.82) is 0 Å². The zero-order chi connectivity index (χ0) is 15.4. The van der Waals surface area contributed by atoms with Gasteiger partial charge in [0.25, 0.3) is 5.91 Å². The fraction of sp³-hybridized carbons (Fsp3) is 0.0556. The van der Waals surface area contributed by atoms with Gasteiger partial charge in [-0.25, -0.2) is 0 Å². The number of hydrogen-bond acceptors (Lipinski definition) is 2. The summed E-state index contributed by atoms with van der Waals surface area (Å²) in [4.78, 5) is 14.5. The Morgan fingerprint density at radius 2 is 1.55 bits per heavy atom. The normalized spacial score (nSPS) is 10.4. The minimum atomic E-state index is -0.166. The maximum atomic E-state index is 12.8. The van der Waals surface area contributed by atoms with Crippen molar-refractivity contribution < 1.29 is 9.21 Å². The summed E-state index contributed by atoms with van der Waals surface area (Å²) >= 11 is 3.24. The van der Waals surface area contributed by atoms with Gasteiger partial charge in [0.1, 0.15) is 0 Å². The number of hydrogen-bond donors (Lipinski definition) is 0. The number of halogens is 1. The fourth-order valence-electron chi connectivity index (χ4n) is 2.22. The molecule has 0 saturated carbocycles. The van der Waals surface area contributed by atoms with Crippen LogP contribution >= 0.6 is 15.9 Å². The van der Waals surface area contributed by atoms with Crippen LogP contribution in [0.3, 0.4) is 0 Å². The van der Waals surface area contributed by atoms with E-state index in [9.17, 15) is 4.79 Å². The number of furan rings is 1. The molecule has 0 spiro atoms. The molecule has 3 aromatic rings. The van der Waals surface area contributed by atoms with E-state index in [1.165, 1.54) is 0 Å². The molecular weight excluding hydrogens is 342 g/mol. The Labute approximate surface area is 137 Å². The molecule has 0 unspecified atom stereocenters. The van der Waals surface area contributed by atoms with E-state index < -0.39 is 0 Å². The van der Waals surface area contributed by atoms with Gasteiger partial charge in [-0.15, -0.1) is 0 Å². The first-order chi connectivity index (χ1) is 10.7. The summed E-state index contributed by atoms with van der Waals surface area (Å²) in [5.41, 5.74) is 1.90. The van der Waals surface area contributed by atoms with Crippen LogP contribution in [0.1, 0.15) is 16.1 Å². The molecule has 3 rings (SSSR count). The third-order valence-electron chi connectivity index (χ3n) is 3.28. The van der Waals surface area contributed by atoms with Crippen LogP contribution in [0.2, 0.25) is 0 Å². The number of rotatable bonds is 4. The lowest BCUT2D eigenvalue weighted by molar-refractivity contribution is 0.0957. The lowest BCUT2D eigenvalue weighted by Gasteiger charge is -2.22. The molecule has 1 amide bonds. The van der Waals surface area contributed by atoms with Gasteiger partial charge in [-0.3, -0.25) is 4.79 Å². The fourth-order valence-corrected chi connectivity index (χ4v) is 2.52. The van der Waals surface area contributed by atoms with Crippen molar-refractivity contribution in [2.75, 3.05) is 4.90 Å². The number of nitrogens with zero attached hydrogens (tertiary/aromatic N) is 1. The van der Waals surface area contributed by atoms with Crippen molar-refractivity contribution in [2.45, 2.75) is 6.54 Å². The van der Waals surface area contributed by atoms with E-state index in [1.54, 1.807) is 17.0 Å². The van der Waals surface area contributed by atoms with Gasteiger partial charge < -0.3 is 9.32 Å². The molecule has 0 atom stereocenters. The van der Waals surface area contributed by atoms with Gasteiger partial charge in [0.05, 0.1) is 6.54 Å². The van der Waals surface area contributed by atoms with Crippen LogP contribution in [0, 0.1) is 0 Å². The number of carbonyl (C=O) groups excluding carboxylic acids is 1. The lowest BCUT2D eigenvalue weighted by Crippen LogP contribution is -2.30. The van der Waals surface area contributed by atoms with Crippen molar-refractivity contribution in [3.63, 3.8) is 0 Å². The Morgan fingerprint density at radius 3 is 2.14 bits per heavy atom. The second-order valence-corrected chi connectivity index (χ2v) is 5.60. The molecule has 0 N–H and O–H groups in total. The van der Waals surface area contributed by atoms with Crippen molar-refractivity contribution in [2.24, 2.45) is 0 Å². The van der Waals surface area contributed by atoms with E-state index in [2.05, 4.69) is 15.9 Å². The molecule has 0 bridgehead atoms. The summed E-state index contributed by atoms with van der Waals surface area (Å²) in [6, 6.07) is 22.9. The van der Waals surface area contributed by atoms with Crippen LogP contribution in [0.5, 0.6) is 0 Å². The van der Waals surface area contributed by atoms with E-state index in [1.807, 2.05) is 60.7 Å². The van der Waals surface area contributed by atoms with Gasteiger partial charge >= 0.3 is 0 Å². The standard InChI is InChI=1S/C18H14BrNO2/c19-17-12-11-16(22-17)18(21)20(15-9-5-2-6-10-15)13-14-7-3-1-4-8-14/h1-12H,13H2. The van der Waals surface area contributed by atoms with Gasteiger partial charge in [0.15, 0.2) is 10.4 Å². The summed E-state index contributed by atoms with van der Waals surface area (Å²) in [5.74, 6) is 0.146. The van der Waals surface area contributed by atoms with Crippen molar-refractivity contribution in [3.05, 3.63) is 88.8 Å². The third-order valence-corrected chi connectivity index (χ3v) is 3.71. The van der Waals surface area contributed by atoms with Crippen molar-refractivity contribution in [1.82, 2.24) is 0 Å². The summed E-state index contributed by atoms with van der Waals surface area (Å²) < 4.78 is 5.96. The molecule has 4 heteroatoms. The monoisotopic (exact) mass is 355 g/mol. The molecule has 22 heavy (non-hydrogen) atoms. The molecule has 0 saturated heterocycles. The zero-order valence-corrected chi connectivity index (χ0v) is 13.4.